The molecule has 0 aliphatic heterocycles. The number of carbonyl (C=O) groups is 2. The smallest absolute Gasteiger partial charge is 0.320 e. The number of hydrogen-bond acceptors (Lipinski definition) is 4. The molecule has 0 heterocycles. The van der Waals surface area contributed by atoms with Crippen molar-refractivity contribution < 1.29 is 19.8 Å². The lowest BCUT2D eigenvalue weighted by Crippen LogP contribution is -2.36. The quantitative estimate of drug-likeness (QED) is 0.565. The van der Waals surface area contributed by atoms with Crippen LogP contribution in [0.25, 0.3) is 0 Å². The molecule has 6 N–H and O–H groups in total. The largest absolute Gasteiger partial charge is 0.480 e. The van der Waals surface area contributed by atoms with Crippen LogP contribution in [0, 0.1) is 0 Å². The lowest BCUT2D eigenvalue weighted by atomic mass is 9.87. The van der Waals surface area contributed by atoms with E-state index in [1.54, 1.807) is 12.1 Å². The summed E-state index contributed by atoms with van der Waals surface area (Å²) in [6, 6.07) is 7.00. The first kappa shape index (κ1) is 15.1. The Bertz CT molecular complexity index is 414. The molecule has 0 radical (unpaired) electrons. The van der Waals surface area contributed by atoms with Crippen LogP contribution in [0.1, 0.15) is 24.3 Å². The number of nitrogens with two attached hydrogens (primary N) is 2. The third kappa shape index (κ3) is 4.69. The van der Waals surface area contributed by atoms with Crippen LogP contribution in [0.2, 0.25) is 0 Å². The Morgan fingerprint density at radius 1 is 0.947 bits per heavy atom. The predicted molar refractivity (Wildman–Crippen MR) is 69.6 cm³/mol. The minimum Gasteiger partial charge on any atom is -0.480 e. The zero-order valence-corrected chi connectivity index (χ0v) is 10.4. The molecule has 0 spiro atoms. The number of aliphatic carboxylic acids is 2. The number of hydrogen-bond donors (Lipinski definition) is 4. The Balaban J connectivity index is 2.85. The minimum absolute atomic E-state index is 0.153. The summed E-state index contributed by atoms with van der Waals surface area (Å²) in [5, 5.41) is 17.7. The van der Waals surface area contributed by atoms with Gasteiger partial charge in [0.1, 0.15) is 12.1 Å². The highest BCUT2D eigenvalue weighted by Gasteiger charge is 2.24. The lowest BCUT2D eigenvalue weighted by Gasteiger charge is -2.21. The highest BCUT2D eigenvalue weighted by molar-refractivity contribution is 5.74. The molecule has 2 unspecified atom stereocenters. The van der Waals surface area contributed by atoms with Gasteiger partial charge in [-0.25, -0.2) is 0 Å². The first-order valence-electron chi connectivity index (χ1n) is 5.93. The number of benzene rings is 1. The molecular weight excluding hydrogens is 248 g/mol. The van der Waals surface area contributed by atoms with E-state index in [0.29, 0.717) is 0 Å². The fourth-order valence-electron chi connectivity index (χ4n) is 1.91. The van der Waals surface area contributed by atoms with Crippen molar-refractivity contribution in [3.63, 3.8) is 0 Å². The molecule has 1 aromatic rings. The number of carboxylic acids is 2. The second-order valence-corrected chi connectivity index (χ2v) is 4.47. The molecule has 1 rings (SSSR count). The molecule has 104 valence electrons. The number of rotatable bonds is 7. The second-order valence-electron chi connectivity index (χ2n) is 4.47. The van der Waals surface area contributed by atoms with E-state index in [-0.39, 0.29) is 18.8 Å². The molecule has 19 heavy (non-hydrogen) atoms. The molecule has 0 aromatic heterocycles. The molecule has 6 nitrogen and oxygen atoms in total. The Hall–Kier alpha value is -1.92. The fourth-order valence-corrected chi connectivity index (χ4v) is 1.91. The van der Waals surface area contributed by atoms with Gasteiger partial charge in [-0.05, 0) is 24.3 Å². The summed E-state index contributed by atoms with van der Waals surface area (Å²) >= 11 is 0. The van der Waals surface area contributed by atoms with Crippen molar-refractivity contribution in [2.24, 2.45) is 11.5 Å². The molecule has 1 aromatic carbocycles. The Morgan fingerprint density at radius 2 is 1.37 bits per heavy atom. The zero-order valence-electron chi connectivity index (χ0n) is 10.4. The van der Waals surface area contributed by atoms with Crippen molar-refractivity contribution in [1.82, 2.24) is 0 Å². The highest BCUT2D eigenvalue weighted by Crippen LogP contribution is 2.25. The standard InChI is InChI=1S/C13H18N2O4/c14-10(12(16)17)6-9(7-11(15)13(18)19)8-4-2-1-3-5-8/h1-5,9-11H,6-7,14-15H2,(H,16,17)(H,18,19). The molecular formula is C13H18N2O4. The molecule has 0 saturated carbocycles. The van der Waals surface area contributed by atoms with E-state index < -0.39 is 24.0 Å². The average Bonchev–Trinajstić information content (AvgIpc) is 2.38. The summed E-state index contributed by atoms with van der Waals surface area (Å²) in [5.74, 6) is -2.51. The summed E-state index contributed by atoms with van der Waals surface area (Å²) in [6.07, 6.45) is 0.306. The van der Waals surface area contributed by atoms with Gasteiger partial charge in [-0.2, -0.15) is 0 Å². The van der Waals surface area contributed by atoms with Crippen LogP contribution in [0.3, 0.4) is 0 Å². The van der Waals surface area contributed by atoms with Crippen molar-refractivity contribution in [1.29, 1.82) is 0 Å². The summed E-state index contributed by atoms with van der Waals surface area (Å²) in [7, 11) is 0. The third-order valence-electron chi connectivity index (χ3n) is 2.98. The van der Waals surface area contributed by atoms with Gasteiger partial charge >= 0.3 is 11.9 Å². The van der Waals surface area contributed by atoms with Gasteiger partial charge in [0.2, 0.25) is 0 Å². The van der Waals surface area contributed by atoms with E-state index in [4.69, 9.17) is 21.7 Å². The SMILES string of the molecule is NC(CC(CC(N)C(=O)O)c1ccccc1)C(=O)O. The Morgan fingerprint density at radius 3 is 1.74 bits per heavy atom. The molecule has 0 aliphatic rings. The molecule has 0 bridgehead atoms. The predicted octanol–water partition coefficient (Wildman–Crippen LogP) is 0.374. The molecule has 6 heteroatoms. The zero-order chi connectivity index (χ0) is 14.4. The average molecular weight is 266 g/mol. The van der Waals surface area contributed by atoms with Gasteiger partial charge in [-0.3, -0.25) is 9.59 Å². The highest BCUT2D eigenvalue weighted by atomic mass is 16.4. The van der Waals surface area contributed by atoms with Gasteiger partial charge in [0.25, 0.3) is 0 Å². The maximum absolute atomic E-state index is 10.8. The van der Waals surface area contributed by atoms with Crippen LogP contribution in [-0.4, -0.2) is 34.2 Å². The second kappa shape index (κ2) is 6.86. The first-order chi connectivity index (χ1) is 8.91. The Labute approximate surface area is 111 Å². The van der Waals surface area contributed by atoms with Gasteiger partial charge in [0.15, 0.2) is 0 Å². The Kier molecular flexibility index (Phi) is 5.47. The summed E-state index contributed by atoms with van der Waals surface area (Å²) in [6.45, 7) is 0. The van der Waals surface area contributed by atoms with E-state index in [1.165, 1.54) is 0 Å². The summed E-state index contributed by atoms with van der Waals surface area (Å²) < 4.78 is 0. The van der Waals surface area contributed by atoms with Crippen LogP contribution in [0.15, 0.2) is 30.3 Å². The molecule has 0 aliphatic carbocycles. The van der Waals surface area contributed by atoms with Crippen molar-refractivity contribution in [3.05, 3.63) is 35.9 Å². The van der Waals surface area contributed by atoms with E-state index in [9.17, 15) is 9.59 Å². The van der Waals surface area contributed by atoms with Crippen molar-refractivity contribution in [3.8, 4) is 0 Å². The normalized spacial score (nSPS) is 15.5. The minimum atomic E-state index is -1.11. The topological polar surface area (TPSA) is 127 Å². The van der Waals surface area contributed by atoms with Crippen LogP contribution in [-0.2, 0) is 9.59 Å². The van der Waals surface area contributed by atoms with E-state index >= 15 is 0 Å². The molecule has 2 atom stereocenters. The molecule has 0 saturated heterocycles. The van der Waals surface area contributed by atoms with Crippen LogP contribution < -0.4 is 11.5 Å². The van der Waals surface area contributed by atoms with Crippen molar-refractivity contribution in [2.45, 2.75) is 30.8 Å². The van der Waals surface area contributed by atoms with Crippen LogP contribution in [0.5, 0.6) is 0 Å². The molecule has 0 fully saturated rings. The first-order valence-corrected chi connectivity index (χ1v) is 5.93. The van der Waals surface area contributed by atoms with Crippen LogP contribution in [0.4, 0.5) is 0 Å². The van der Waals surface area contributed by atoms with E-state index in [2.05, 4.69) is 0 Å². The van der Waals surface area contributed by atoms with E-state index in [0.717, 1.165) is 5.56 Å². The maximum atomic E-state index is 10.8. The van der Waals surface area contributed by atoms with Gasteiger partial charge in [0, 0.05) is 0 Å². The van der Waals surface area contributed by atoms with Gasteiger partial charge in [-0.1, -0.05) is 30.3 Å². The van der Waals surface area contributed by atoms with Crippen molar-refractivity contribution in [2.75, 3.05) is 0 Å². The lowest BCUT2D eigenvalue weighted by molar-refractivity contribution is -0.139. The summed E-state index contributed by atoms with van der Waals surface area (Å²) in [4.78, 5) is 21.6. The van der Waals surface area contributed by atoms with Crippen molar-refractivity contribution >= 4 is 11.9 Å². The fraction of sp³-hybridized carbons (Fsp3) is 0.385. The summed E-state index contributed by atoms with van der Waals surface area (Å²) in [5.41, 5.74) is 11.9. The van der Waals surface area contributed by atoms with Gasteiger partial charge in [-0.15, -0.1) is 0 Å². The number of carboxylic acid groups (broad SMARTS) is 2. The van der Waals surface area contributed by atoms with Gasteiger partial charge < -0.3 is 21.7 Å². The van der Waals surface area contributed by atoms with Gasteiger partial charge in [0.05, 0.1) is 0 Å². The van der Waals surface area contributed by atoms with E-state index in [1.807, 2.05) is 18.2 Å². The third-order valence-corrected chi connectivity index (χ3v) is 2.98. The maximum Gasteiger partial charge on any atom is 0.320 e. The monoisotopic (exact) mass is 266 g/mol. The van der Waals surface area contributed by atoms with Crippen LogP contribution >= 0.6 is 0 Å². The molecule has 0 amide bonds.